The van der Waals surface area contributed by atoms with Crippen molar-refractivity contribution in [3.8, 4) is 5.75 Å². The molecule has 0 saturated heterocycles. The third-order valence-corrected chi connectivity index (χ3v) is 3.70. The van der Waals surface area contributed by atoms with Crippen LogP contribution in [0.25, 0.3) is 0 Å². The lowest BCUT2D eigenvalue weighted by Crippen LogP contribution is -2.34. The maximum Gasteiger partial charge on any atom is 0.261 e. The second-order valence-electron chi connectivity index (χ2n) is 4.39. The number of anilines is 1. The van der Waals surface area contributed by atoms with Crippen LogP contribution < -0.4 is 15.4 Å². The molecule has 2 aromatic carbocycles. The summed E-state index contributed by atoms with van der Waals surface area (Å²) in [5.74, 6) is -0.273. The first-order chi connectivity index (χ1) is 10.9. The molecule has 0 saturated carbocycles. The monoisotopic (exact) mass is 388 g/mol. The Bertz CT molecular complexity index is 768. The number of benzene rings is 2. The second kappa shape index (κ2) is 7.84. The standard InChI is InChI=1S/C15H11Cl3N2O2S/c1-22-13-11(6-9(17)7-12(13)18)14(21)20-15(23)19-10-4-2-3-8(16)5-10/h2-7H,1H3,(H2,19,20,21,23). The van der Waals surface area contributed by atoms with Gasteiger partial charge in [-0.3, -0.25) is 10.1 Å². The van der Waals surface area contributed by atoms with E-state index in [1.807, 2.05) is 0 Å². The molecule has 0 aliphatic carbocycles. The van der Waals surface area contributed by atoms with E-state index in [1.54, 1.807) is 24.3 Å². The predicted octanol–water partition coefficient (Wildman–Crippen LogP) is 4.78. The minimum atomic E-state index is -0.495. The smallest absolute Gasteiger partial charge is 0.261 e. The summed E-state index contributed by atoms with van der Waals surface area (Å²) in [6, 6.07) is 9.87. The number of carbonyl (C=O) groups is 1. The van der Waals surface area contributed by atoms with E-state index in [1.165, 1.54) is 19.2 Å². The lowest BCUT2D eigenvalue weighted by molar-refractivity contribution is 0.0975. The average molecular weight is 390 g/mol. The Morgan fingerprint density at radius 1 is 1.13 bits per heavy atom. The number of amides is 1. The summed E-state index contributed by atoms with van der Waals surface area (Å²) in [5, 5.41) is 6.60. The summed E-state index contributed by atoms with van der Waals surface area (Å²) in [7, 11) is 1.41. The van der Waals surface area contributed by atoms with E-state index in [9.17, 15) is 4.79 Å². The number of carbonyl (C=O) groups excluding carboxylic acids is 1. The summed E-state index contributed by atoms with van der Waals surface area (Å²) in [5.41, 5.74) is 0.833. The van der Waals surface area contributed by atoms with Gasteiger partial charge in [-0.2, -0.15) is 0 Å². The Kier molecular flexibility index (Phi) is 6.07. The Balaban J connectivity index is 2.14. The third kappa shape index (κ3) is 4.72. The van der Waals surface area contributed by atoms with Gasteiger partial charge in [0.05, 0.1) is 17.7 Å². The summed E-state index contributed by atoms with van der Waals surface area (Å²) in [6.45, 7) is 0. The minimum absolute atomic E-state index is 0.107. The molecule has 0 bridgehead atoms. The highest BCUT2D eigenvalue weighted by Crippen LogP contribution is 2.32. The van der Waals surface area contributed by atoms with E-state index < -0.39 is 5.91 Å². The van der Waals surface area contributed by atoms with Crippen LogP contribution in [-0.4, -0.2) is 18.1 Å². The molecule has 120 valence electrons. The van der Waals surface area contributed by atoms with Gasteiger partial charge >= 0.3 is 0 Å². The lowest BCUT2D eigenvalue weighted by Gasteiger charge is -2.13. The highest BCUT2D eigenvalue weighted by Gasteiger charge is 2.17. The van der Waals surface area contributed by atoms with E-state index >= 15 is 0 Å². The third-order valence-electron chi connectivity index (χ3n) is 2.77. The number of rotatable bonds is 3. The van der Waals surface area contributed by atoms with Crippen molar-refractivity contribution in [3.63, 3.8) is 0 Å². The van der Waals surface area contributed by atoms with Crippen molar-refractivity contribution in [2.24, 2.45) is 0 Å². The Labute approximate surface area is 153 Å². The van der Waals surface area contributed by atoms with Crippen molar-refractivity contribution in [1.29, 1.82) is 0 Å². The highest BCUT2D eigenvalue weighted by molar-refractivity contribution is 7.80. The molecule has 0 radical (unpaired) electrons. The lowest BCUT2D eigenvalue weighted by atomic mass is 10.2. The maximum absolute atomic E-state index is 12.3. The van der Waals surface area contributed by atoms with E-state index in [0.29, 0.717) is 15.7 Å². The van der Waals surface area contributed by atoms with Crippen molar-refractivity contribution in [2.75, 3.05) is 12.4 Å². The van der Waals surface area contributed by atoms with Crippen LogP contribution in [0.3, 0.4) is 0 Å². The minimum Gasteiger partial charge on any atom is -0.494 e. The fraction of sp³-hybridized carbons (Fsp3) is 0.0667. The molecule has 8 heteroatoms. The number of ether oxygens (including phenoxy) is 1. The first-order valence-corrected chi connectivity index (χ1v) is 7.86. The van der Waals surface area contributed by atoms with Crippen LogP contribution in [0.15, 0.2) is 36.4 Å². The zero-order valence-electron chi connectivity index (χ0n) is 11.8. The molecule has 23 heavy (non-hydrogen) atoms. The fourth-order valence-corrected chi connectivity index (χ4v) is 2.81. The molecular weight excluding hydrogens is 379 g/mol. The number of halogens is 3. The summed E-state index contributed by atoms with van der Waals surface area (Å²) >= 11 is 22.9. The van der Waals surface area contributed by atoms with Crippen LogP contribution in [0.2, 0.25) is 15.1 Å². The van der Waals surface area contributed by atoms with Crippen molar-refractivity contribution >= 4 is 63.7 Å². The molecule has 0 aliphatic rings. The van der Waals surface area contributed by atoms with E-state index in [4.69, 9.17) is 51.8 Å². The van der Waals surface area contributed by atoms with Crippen LogP contribution in [0.4, 0.5) is 5.69 Å². The van der Waals surface area contributed by atoms with Crippen molar-refractivity contribution in [1.82, 2.24) is 5.32 Å². The van der Waals surface area contributed by atoms with Gasteiger partial charge < -0.3 is 10.1 Å². The van der Waals surface area contributed by atoms with Crippen molar-refractivity contribution in [3.05, 3.63) is 57.0 Å². The number of hydrogen-bond donors (Lipinski definition) is 2. The number of hydrogen-bond acceptors (Lipinski definition) is 3. The van der Waals surface area contributed by atoms with Gasteiger partial charge in [-0.05, 0) is 42.5 Å². The van der Waals surface area contributed by atoms with Gasteiger partial charge in [-0.1, -0.05) is 40.9 Å². The molecule has 0 aliphatic heterocycles. The van der Waals surface area contributed by atoms with Gasteiger partial charge in [-0.15, -0.1) is 0 Å². The molecule has 0 atom stereocenters. The predicted molar refractivity (Wildman–Crippen MR) is 98.2 cm³/mol. The van der Waals surface area contributed by atoms with Gasteiger partial charge in [0.25, 0.3) is 5.91 Å². The highest BCUT2D eigenvalue weighted by atomic mass is 35.5. The average Bonchev–Trinajstić information content (AvgIpc) is 2.46. The molecule has 0 heterocycles. The van der Waals surface area contributed by atoms with Gasteiger partial charge in [0, 0.05) is 15.7 Å². The first-order valence-electron chi connectivity index (χ1n) is 6.31. The van der Waals surface area contributed by atoms with E-state index in [0.717, 1.165) is 0 Å². The second-order valence-corrected chi connectivity index (χ2v) is 6.08. The molecule has 2 rings (SSSR count). The number of nitrogens with one attached hydrogen (secondary N) is 2. The molecule has 1 amide bonds. The number of methoxy groups -OCH3 is 1. The Morgan fingerprint density at radius 2 is 1.87 bits per heavy atom. The van der Waals surface area contributed by atoms with Crippen LogP contribution in [-0.2, 0) is 0 Å². The molecule has 2 N–H and O–H groups in total. The molecule has 0 spiro atoms. The molecule has 4 nitrogen and oxygen atoms in total. The molecule has 0 fully saturated rings. The largest absolute Gasteiger partial charge is 0.494 e. The van der Waals surface area contributed by atoms with Crippen LogP contribution in [0, 0.1) is 0 Å². The Morgan fingerprint density at radius 3 is 2.52 bits per heavy atom. The molecule has 2 aromatic rings. The van der Waals surface area contributed by atoms with Crippen molar-refractivity contribution < 1.29 is 9.53 Å². The van der Waals surface area contributed by atoms with Crippen LogP contribution in [0.5, 0.6) is 5.75 Å². The van der Waals surface area contributed by atoms with Crippen LogP contribution in [0.1, 0.15) is 10.4 Å². The summed E-state index contributed by atoms with van der Waals surface area (Å²) in [6.07, 6.45) is 0. The van der Waals surface area contributed by atoms with Crippen molar-refractivity contribution in [2.45, 2.75) is 0 Å². The van der Waals surface area contributed by atoms with Crippen LogP contribution >= 0.6 is 47.0 Å². The van der Waals surface area contributed by atoms with E-state index in [2.05, 4.69) is 10.6 Å². The zero-order valence-corrected chi connectivity index (χ0v) is 14.9. The fourth-order valence-electron chi connectivity index (χ4n) is 1.84. The van der Waals surface area contributed by atoms with Gasteiger partial charge in [0.2, 0.25) is 0 Å². The molecule has 0 unspecified atom stereocenters. The van der Waals surface area contributed by atoms with E-state index in [-0.39, 0.29) is 21.4 Å². The van der Waals surface area contributed by atoms with Gasteiger partial charge in [0.15, 0.2) is 5.11 Å². The quantitative estimate of drug-likeness (QED) is 0.742. The van der Waals surface area contributed by atoms with Gasteiger partial charge in [-0.25, -0.2) is 0 Å². The topological polar surface area (TPSA) is 50.4 Å². The SMILES string of the molecule is COc1c(Cl)cc(Cl)cc1C(=O)NC(=S)Nc1cccc(Cl)c1. The number of thiocarbonyl (C=S) groups is 1. The molecular formula is C15H11Cl3N2O2S. The zero-order chi connectivity index (χ0) is 17.0. The van der Waals surface area contributed by atoms with Gasteiger partial charge in [0.1, 0.15) is 5.75 Å². The molecule has 0 aromatic heterocycles. The normalized spacial score (nSPS) is 10.1. The Hall–Kier alpha value is -1.53. The first kappa shape index (κ1) is 17.8. The summed E-state index contributed by atoms with van der Waals surface area (Å²) in [4.78, 5) is 12.3. The summed E-state index contributed by atoms with van der Waals surface area (Å²) < 4.78 is 5.14. The maximum atomic E-state index is 12.3.